The molecule has 244 valence electrons. The maximum Gasteiger partial charge on any atom is 0.271 e. The average Bonchev–Trinajstić information content (AvgIpc) is 3.61. The third kappa shape index (κ3) is 6.46. The molecule has 10 heteroatoms. The maximum atomic E-state index is 14.4. The van der Waals surface area contributed by atoms with Crippen molar-refractivity contribution in [2.24, 2.45) is 4.99 Å². The number of para-hydroxylation sites is 3. The van der Waals surface area contributed by atoms with Gasteiger partial charge in [0, 0.05) is 34.0 Å². The molecular weight excluding hydrogens is 635 g/mol. The standard InChI is InChI=1S/C39H33N5O4S/c1-3-48-30-20-18-26(19-21-30)36-35(37(46)42-29-14-8-5-9-15-29)25(2)40-39-44(36)38(47)33(49-39)22-27-23-43(32-17-11-10-16-31(27)32)24-34(45)41-28-12-6-4-7-13-28/h4-23,36H,3,24H2,1-2H3,(H,41,45)(H,42,46)/b33-22-/t36-/m0/s1. The first kappa shape index (κ1) is 31.6. The van der Waals surface area contributed by atoms with E-state index in [0.29, 0.717) is 38.6 Å². The molecule has 1 aliphatic rings. The Kier molecular flexibility index (Phi) is 8.78. The van der Waals surface area contributed by atoms with E-state index in [1.165, 1.54) is 11.3 Å². The lowest BCUT2D eigenvalue weighted by Gasteiger charge is -2.25. The number of amides is 2. The highest BCUT2D eigenvalue weighted by molar-refractivity contribution is 7.07. The number of hydrogen-bond donors (Lipinski definition) is 2. The second kappa shape index (κ2) is 13.6. The van der Waals surface area contributed by atoms with E-state index in [1.807, 2.05) is 133 Å². The predicted molar refractivity (Wildman–Crippen MR) is 193 cm³/mol. The minimum Gasteiger partial charge on any atom is -0.494 e. The number of hydrogen-bond acceptors (Lipinski definition) is 6. The van der Waals surface area contributed by atoms with Crippen LogP contribution in [0.2, 0.25) is 0 Å². The number of nitrogens with one attached hydrogen (secondary N) is 2. The maximum absolute atomic E-state index is 14.4. The molecule has 7 rings (SSSR count). The van der Waals surface area contributed by atoms with Gasteiger partial charge in [0.2, 0.25) is 5.91 Å². The molecule has 0 fully saturated rings. The second-order valence-electron chi connectivity index (χ2n) is 11.5. The van der Waals surface area contributed by atoms with Crippen molar-refractivity contribution in [2.45, 2.75) is 26.4 Å². The number of nitrogens with zero attached hydrogens (tertiary/aromatic N) is 3. The number of fused-ring (bicyclic) bond motifs is 2. The van der Waals surface area contributed by atoms with Gasteiger partial charge in [0.25, 0.3) is 11.5 Å². The molecule has 0 saturated heterocycles. The van der Waals surface area contributed by atoms with Gasteiger partial charge >= 0.3 is 0 Å². The highest BCUT2D eigenvalue weighted by Gasteiger charge is 2.32. The van der Waals surface area contributed by atoms with Crippen molar-refractivity contribution in [3.63, 3.8) is 0 Å². The van der Waals surface area contributed by atoms with Crippen LogP contribution in [0, 0.1) is 0 Å². The molecule has 0 bridgehead atoms. The Labute approximate surface area is 286 Å². The highest BCUT2D eigenvalue weighted by atomic mass is 32.1. The number of ether oxygens (including phenoxy) is 1. The van der Waals surface area contributed by atoms with Crippen LogP contribution in [-0.4, -0.2) is 27.6 Å². The first-order valence-electron chi connectivity index (χ1n) is 15.9. The molecule has 0 spiro atoms. The van der Waals surface area contributed by atoms with Crippen LogP contribution in [0.5, 0.6) is 5.75 Å². The number of carbonyl (C=O) groups is 2. The summed E-state index contributed by atoms with van der Waals surface area (Å²) in [6, 6.07) is 33.1. The lowest BCUT2D eigenvalue weighted by atomic mass is 9.95. The van der Waals surface area contributed by atoms with Crippen LogP contribution < -0.4 is 30.3 Å². The minimum atomic E-state index is -0.721. The van der Waals surface area contributed by atoms with Crippen molar-refractivity contribution in [2.75, 3.05) is 17.2 Å². The Hall–Kier alpha value is -6.00. The Balaban J connectivity index is 1.30. The molecule has 49 heavy (non-hydrogen) atoms. The van der Waals surface area contributed by atoms with Gasteiger partial charge in [-0.1, -0.05) is 78.1 Å². The van der Waals surface area contributed by atoms with Crippen molar-refractivity contribution in [1.29, 1.82) is 0 Å². The third-order valence-electron chi connectivity index (χ3n) is 8.28. The van der Waals surface area contributed by atoms with E-state index in [1.54, 1.807) is 11.5 Å². The molecular formula is C39H33N5O4S. The molecule has 2 N–H and O–H groups in total. The summed E-state index contributed by atoms with van der Waals surface area (Å²) in [7, 11) is 0. The summed E-state index contributed by atoms with van der Waals surface area (Å²) < 4.78 is 9.62. The number of anilines is 2. The van der Waals surface area contributed by atoms with Crippen molar-refractivity contribution in [3.8, 4) is 5.75 Å². The Morgan fingerprint density at radius 3 is 2.22 bits per heavy atom. The number of aromatic nitrogens is 2. The smallest absolute Gasteiger partial charge is 0.271 e. The van der Waals surface area contributed by atoms with Crippen LogP contribution in [0.1, 0.15) is 31.0 Å². The first-order valence-corrected chi connectivity index (χ1v) is 16.8. The molecule has 6 aromatic rings. The van der Waals surface area contributed by atoms with Gasteiger partial charge in [0.1, 0.15) is 12.3 Å². The van der Waals surface area contributed by atoms with Crippen molar-refractivity contribution in [3.05, 3.63) is 157 Å². The lowest BCUT2D eigenvalue weighted by molar-refractivity contribution is -0.116. The Morgan fingerprint density at radius 1 is 0.878 bits per heavy atom. The molecule has 0 saturated carbocycles. The van der Waals surface area contributed by atoms with Gasteiger partial charge in [-0.25, -0.2) is 4.99 Å². The van der Waals surface area contributed by atoms with Gasteiger partial charge in [-0.15, -0.1) is 0 Å². The van der Waals surface area contributed by atoms with E-state index < -0.39 is 6.04 Å². The SMILES string of the molecule is CCOc1ccc([C@H]2C(C(=O)Nc3ccccc3)=C(C)N=c3s/c(=C\c4cn(CC(=O)Nc5ccccc5)c5ccccc45)c(=O)n32)cc1. The van der Waals surface area contributed by atoms with Gasteiger partial charge in [0.05, 0.1) is 28.5 Å². The van der Waals surface area contributed by atoms with Crippen LogP contribution in [0.4, 0.5) is 11.4 Å². The molecule has 9 nitrogen and oxygen atoms in total. The van der Waals surface area contributed by atoms with Crippen LogP contribution >= 0.6 is 11.3 Å². The molecule has 3 heterocycles. The number of benzene rings is 4. The molecule has 0 aliphatic carbocycles. The monoisotopic (exact) mass is 667 g/mol. The number of thiazole rings is 1. The molecule has 0 unspecified atom stereocenters. The zero-order chi connectivity index (χ0) is 33.9. The van der Waals surface area contributed by atoms with E-state index in [9.17, 15) is 14.4 Å². The van der Waals surface area contributed by atoms with Crippen LogP contribution in [0.15, 0.2) is 136 Å². The summed E-state index contributed by atoms with van der Waals surface area (Å²) in [6.45, 7) is 4.33. The normalized spacial score (nSPS) is 14.3. The van der Waals surface area contributed by atoms with Gasteiger partial charge < -0.3 is 19.9 Å². The highest BCUT2D eigenvalue weighted by Crippen LogP contribution is 2.32. The van der Waals surface area contributed by atoms with E-state index in [-0.39, 0.29) is 23.9 Å². The van der Waals surface area contributed by atoms with Crippen molar-refractivity contribution in [1.82, 2.24) is 9.13 Å². The van der Waals surface area contributed by atoms with E-state index in [2.05, 4.69) is 10.6 Å². The second-order valence-corrected chi connectivity index (χ2v) is 12.6. The third-order valence-corrected chi connectivity index (χ3v) is 9.27. The number of allylic oxidation sites excluding steroid dienone is 1. The molecule has 4 aromatic carbocycles. The summed E-state index contributed by atoms with van der Waals surface area (Å²) in [5, 5.41) is 6.83. The zero-order valence-electron chi connectivity index (χ0n) is 26.9. The summed E-state index contributed by atoms with van der Waals surface area (Å²) in [6.07, 6.45) is 3.73. The van der Waals surface area contributed by atoms with Crippen molar-refractivity contribution >= 4 is 51.5 Å². The summed E-state index contributed by atoms with van der Waals surface area (Å²) in [5.74, 6) is 0.200. The number of rotatable bonds is 9. The number of carbonyl (C=O) groups excluding carboxylic acids is 2. The molecule has 1 aliphatic heterocycles. The molecule has 2 aromatic heterocycles. The minimum absolute atomic E-state index is 0.0985. The van der Waals surface area contributed by atoms with Crippen LogP contribution in [0.3, 0.4) is 0 Å². The molecule has 1 atom stereocenters. The molecule has 2 amide bonds. The van der Waals surface area contributed by atoms with E-state index in [4.69, 9.17) is 9.73 Å². The predicted octanol–water partition coefficient (Wildman–Crippen LogP) is 5.87. The lowest BCUT2D eigenvalue weighted by Crippen LogP contribution is -2.40. The fourth-order valence-electron chi connectivity index (χ4n) is 6.10. The first-order chi connectivity index (χ1) is 23.9. The van der Waals surface area contributed by atoms with E-state index in [0.717, 1.165) is 27.7 Å². The van der Waals surface area contributed by atoms with Gasteiger partial charge in [-0.05, 0) is 68.0 Å². The fourth-order valence-corrected chi connectivity index (χ4v) is 7.14. The van der Waals surface area contributed by atoms with Crippen molar-refractivity contribution < 1.29 is 14.3 Å². The van der Waals surface area contributed by atoms with Gasteiger partial charge in [-0.2, -0.15) is 0 Å². The van der Waals surface area contributed by atoms with Gasteiger partial charge in [-0.3, -0.25) is 19.0 Å². The summed E-state index contributed by atoms with van der Waals surface area (Å²) in [5.41, 5.74) is 4.43. The zero-order valence-corrected chi connectivity index (χ0v) is 27.7. The topological polar surface area (TPSA) is 107 Å². The van der Waals surface area contributed by atoms with Crippen LogP contribution in [0.25, 0.3) is 17.0 Å². The van der Waals surface area contributed by atoms with Gasteiger partial charge in [0.15, 0.2) is 4.80 Å². The van der Waals surface area contributed by atoms with Crippen LogP contribution in [-0.2, 0) is 16.1 Å². The molecule has 0 radical (unpaired) electrons. The summed E-state index contributed by atoms with van der Waals surface area (Å²) >= 11 is 1.27. The average molecular weight is 668 g/mol. The largest absolute Gasteiger partial charge is 0.494 e. The summed E-state index contributed by atoms with van der Waals surface area (Å²) in [4.78, 5) is 46.5. The Morgan fingerprint density at radius 2 is 1.53 bits per heavy atom. The van der Waals surface area contributed by atoms with E-state index >= 15 is 0 Å². The fraction of sp³-hybridized carbons (Fsp3) is 0.128. The Bertz CT molecular complexity index is 2390. The quantitative estimate of drug-likeness (QED) is 0.201.